The lowest BCUT2D eigenvalue weighted by molar-refractivity contribution is 0.104. The minimum Gasteiger partial charge on any atom is -0.508 e. The average Bonchev–Trinajstić information content (AvgIpc) is 2.64. The summed E-state index contributed by atoms with van der Waals surface area (Å²) in [5, 5.41) is 15.9. The van der Waals surface area contributed by atoms with Crippen LogP contribution in [0.4, 0.5) is 23.1 Å². The topological polar surface area (TPSA) is 87.1 Å². The highest BCUT2D eigenvalue weighted by Crippen LogP contribution is 2.23. The van der Waals surface area contributed by atoms with E-state index < -0.39 is 0 Å². The molecule has 0 aliphatic carbocycles. The number of rotatable bonds is 6. The Morgan fingerprint density at radius 1 is 1.04 bits per heavy atom. The fourth-order valence-corrected chi connectivity index (χ4v) is 2.57. The summed E-state index contributed by atoms with van der Waals surface area (Å²) >= 11 is 0. The summed E-state index contributed by atoms with van der Waals surface area (Å²) < 4.78 is 0. The molecule has 0 saturated heterocycles. The highest BCUT2D eigenvalue weighted by atomic mass is 16.3. The number of phenolic OH excluding ortho intramolecular Hbond substituents is 1. The first-order chi connectivity index (χ1) is 13.4. The number of carbonyl (C=O) groups excluding carboxylic acids is 1. The van der Waals surface area contributed by atoms with Crippen molar-refractivity contribution in [2.24, 2.45) is 0 Å². The molecule has 0 atom stereocenters. The van der Waals surface area contributed by atoms with E-state index >= 15 is 0 Å². The number of aromatic hydroxyl groups is 1. The van der Waals surface area contributed by atoms with E-state index in [1.807, 2.05) is 39.0 Å². The van der Waals surface area contributed by atoms with Crippen molar-refractivity contribution in [3.8, 4) is 5.75 Å². The van der Waals surface area contributed by atoms with Crippen LogP contribution in [0, 0.1) is 6.92 Å². The summed E-state index contributed by atoms with van der Waals surface area (Å²) in [6, 6.07) is 14.0. The van der Waals surface area contributed by atoms with Crippen LogP contribution in [-0.4, -0.2) is 20.9 Å². The van der Waals surface area contributed by atoms with E-state index in [4.69, 9.17) is 0 Å². The van der Waals surface area contributed by atoms with Gasteiger partial charge in [0.05, 0.1) is 0 Å². The average molecular weight is 374 g/mol. The molecule has 0 spiro atoms. The number of carbonyl (C=O) groups is 1. The van der Waals surface area contributed by atoms with Crippen LogP contribution in [0.15, 0.2) is 66.4 Å². The van der Waals surface area contributed by atoms with Gasteiger partial charge in [0.25, 0.3) is 0 Å². The molecule has 0 bridgehead atoms. The van der Waals surface area contributed by atoms with Gasteiger partial charge in [-0.1, -0.05) is 23.8 Å². The summed E-state index contributed by atoms with van der Waals surface area (Å²) in [7, 11) is 0. The van der Waals surface area contributed by atoms with Gasteiger partial charge < -0.3 is 15.7 Å². The van der Waals surface area contributed by atoms with Crippen molar-refractivity contribution in [1.82, 2.24) is 9.97 Å². The van der Waals surface area contributed by atoms with Gasteiger partial charge in [0.2, 0.25) is 5.95 Å². The number of phenols is 1. The molecule has 0 saturated carbocycles. The van der Waals surface area contributed by atoms with Crippen LogP contribution in [-0.2, 0) is 0 Å². The maximum atomic E-state index is 12.3. The molecule has 6 nitrogen and oxygen atoms in total. The van der Waals surface area contributed by atoms with Crippen LogP contribution in [0.5, 0.6) is 5.75 Å². The number of hydrogen-bond acceptors (Lipinski definition) is 6. The quantitative estimate of drug-likeness (QED) is 0.410. The Labute approximate surface area is 164 Å². The highest BCUT2D eigenvalue weighted by Gasteiger charge is 2.08. The van der Waals surface area contributed by atoms with Crippen molar-refractivity contribution in [1.29, 1.82) is 0 Å². The Balaban J connectivity index is 1.82. The Hall–Kier alpha value is -3.67. The van der Waals surface area contributed by atoms with Gasteiger partial charge in [-0.15, -0.1) is 0 Å². The molecule has 0 aliphatic heterocycles. The van der Waals surface area contributed by atoms with E-state index in [2.05, 4.69) is 20.6 Å². The Morgan fingerprint density at radius 3 is 2.46 bits per heavy atom. The standard InChI is InChI=1S/C22H22N4O2/c1-14(2)10-20(28)16-6-4-7-17(11-16)24-21-15(3)13-23-22(26-21)25-18-8-5-9-19(27)12-18/h4-13,27H,1-3H3,(H2,23,24,25,26). The minimum atomic E-state index is -0.0331. The number of ketones is 1. The zero-order valence-corrected chi connectivity index (χ0v) is 16.0. The second-order valence-corrected chi connectivity index (χ2v) is 6.69. The van der Waals surface area contributed by atoms with Gasteiger partial charge >= 0.3 is 0 Å². The minimum absolute atomic E-state index is 0.0331. The number of allylic oxidation sites excluding steroid dienone is 2. The van der Waals surface area contributed by atoms with Crippen molar-refractivity contribution in [2.45, 2.75) is 20.8 Å². The number of benzene rings is 2. The van der Waals surface area contributed by atoms with Crippen LogP contribution in [0.1, 0.15) is 29.8 Å². The largest absolute Gasteiger partial charge is 0.508 e. The van der Waals surface area contributed by atoms with Gasteiger partial charge in [-0.05, 0) is 51.1 Å². The Morgan fingerprint density at radius 2 is 1.75 bits per heavy atom. The molecule has 1 aromatic heterocycles. The summed E-state index contributed by atoms with van der Waals surface area (Å²) in [5.74, 6) is 1.16. The van der Waals surface area contributed by atoms with Gasteiger partial charge in [0, 0.05) is 34.8 Å². The molecule has 0 radical (unpaired) electrons. The maximum Gasteiger partial charge on any atom is 0.229 e. The normalized spacial score (nSPS) is 10.2. The lowest BCUT2D eigenvalue weighted by Gasteiger charge is -2.12. The van der Waals surface area contributed by atoms with Crippen LogP contribution in [0.3, 0.4) is 0 Å². The Kier molecular flexibility index (Phi) is 5.69. The molecule has 28 heavy (non-hydrogen) atoms. The fraction of sp³-hybridized carbons (Fsp3) is 0.136. The SMILES string of the molecule is CC(C)=CC(=O)c1cccc(Nc2nc(Nc3cccc(O)c3)ncc2C)c1. The zero-order valence-electron chi connectivity index (χ0n) is 16.0. The number of nitrogens with one attached hydrogen (secondary N) is 2. The van der Waals surface area contributed by atoms with Gasteiger partial charge in [0.1, 0.15) is 11.6 Å². The lowest BCUT2D eigenvalue weighted by atomic mass is 10.1. The predicted octanol–water partition coefficient (Wildman–Crippen LogP) is 5.13. The summed E-state index contributed by atoms with van der Waals surface area (Å²) in [6.45, 7) is 5.69. The van der Waals surface area contributed by atoms with E-state index in [9.17, 15) is 9.90 Å². The molecular weight excluding hydrogens is 352 g/mol. The first kappa shape index (κ1) is 19.1. The molecule has 6 heteroatoms. The van der Waals surface area contributed by atoms with Gasteiger partial charge in [-0.2, -0.15) is 4.98 Å². The molecule has 0 aliphatic rings. The van der Waals surface area contributed by atoms with Crippen molar-refractivity contribution < 1.29 is 9.90 Å². The van der Waals surface area contributed by atoms with Crippen LogP contribution in [0.25, 0.3) is 0 Å². The summed E-state index contributed by atoms with van der Waals surface area (Å²) in [5.41, 5.74) is 3.87. The van der Waals surface area contributed by atoms with Crippen LogP contribution < -0.4 is 10.6 Å². The third-order valence-corrected chi connectivity index (χ3v) is 3.90. The van der Waals surface area contributed by atoms with Crippen molar-refractivity contribution in [2.75, 3.05) is 10.6 Å². The first-order valence-electron chi connectivity index (χ1n) is 8.87. The maximum absolute atomic E-state index is 12.3. The van der Waals surface area contributed by atoms with Crippen molar-refractivity contribution in [3.63, 3.8) is 0 Å². The summed E-state index contributed by atoms with van der Waals surface area (Å²) in [4.78, 5) is 21.0. The second-order valence-electron chi connectivity index (χ2n) is 6.69. The van der Waals surface area contributed by atoms with Crippen molar-refractivity contribution in [3.05, 3.63) is 77.5 Å². The van der Waals surface area contributed by atoms with Gasteiger partial charge in [-0.3, -0.25) is 4.79 Å². The number of aryl methyl sites for hydroxylation is 1. The van der Waals surface area contributed by atoms with E-state index in [0.717, 1.165) is 16.8 Å². The Bertz CT molecular complexity index is 1040. The predicted molar refractivity (Wildman–Crippen MR) is 112 cm³/mol. The van der Waals surface area contributed by atoms with Crippen molar-refractivity contribution >= 4 is 28.9 Å². The third-order valence-electron chi connectivity index (χ3n) is 3.90. The number of nitrogens with zero attached hydrogens (tertiary/aromatic N) is 2. The van der Waals surface area contributed by atoms with E-state index in [1.165, 1.54) is 0 Å². The smallest absolute Gasteiger partial charge is 0.229 e. The zero-order chi connectivity index (χ0) is 20.1. The molecule has 2 aromatic carbocycles. The molecule has 142 valence electrons. The molecule has 3 aromatic rings. The number of aromatic nitrogens is 2. The van der Waals surface area contributed by atoms with Crippen LogP contribution in [0.2, 0.25) is 0 Å². The molecule has 1 heterocycles. The molecule has 3 N–H and O–H groups in total. The fourth-order valence-electron chi connectivity index (χ4n) is 2.57. The van der Waals surface area contributed by atoms with Gasteiger partial charge in [0.15, 0.2) is 5.78 Å². The third kappa shape index (κ3) is 4.94. The first-order valence-corrected chi connectivity index (χ1v) is 8.87. The van der Waals surface area contributed by atoms with Gasteiger partial charge in [-0.25, -0.2) is 4.98 Å². The number of anilines is 4. The monoisotopic (exact) mass is 374 g/mol. The van der Waals surface area contributed by atoms with Crippen LogP contribution >= 0.6 is 0 Å². The van der Waals surface area contributed by atoms with E-state index in [0.29, 0.717) is 23.0 Å². The van der Waals surface area contributed by atoms with E-state index in [1.54, 1.807) is 42.6 Å². The summed E-state index contributed by atoms with van der Waals surface area (Å²) in [6.07, 6.45) is 3.32. The number of hydrogen-bond donors (Lipinski definition) is 3. The molecule has 3 rings (SSSR count). The second kappa shape index (κ2) is 8.35. The van der Waals surface area contributed by atoms with E-state index in [-0.39, 0.29) is 11.5 Å². The molecule has 0 fully saturated rings. The highest BCUT2D eigenvalue weighted by molar-refractivity contribution is 6.05. The molecular formula is C22H22N4O2. The molecule has 0 amide bonds. The molecule has 0 unspecified atom stereocenters. The lowest BCUT2D eigenvalue weighted by Crippen LogP contribution is -2.03.